The average Bonchev–Trinajstić information content (AvgIpc) is 2.62. The number of aryl methyl sites for hydroxylation is 1. The van der Waals surface area contributed by atoms with Gasteiger partial charge in [0.2, 0.25) is 0 Å². The summed E-state index contributed by atoms with van der Waals surface area (Å²) >= 11 is 3.41. The number of likely N-dealkylation sites (N-methyl/N-ethyl adjacent to an activating group) is 1. The Labute approximate surface area is 162 Å². The van der Waals surface area contributed by atoms with E-state index in [1.165, 1.54) is 0 Å². The third-order valence-corrected chi connectivity index (χ3v) is 4.84. The highest BCUT2D eigenvalue weighted by Gasteiger charge is 2.23. The zero-order chi connectivity index (χ0) is 19.1. The Kier molecular flexibility index (Phi) is 7.36. The van der Waals surface area contributed by atoms with Crippen LogP contribution in [0.3, 0.4) is 0 Å². The van der Waals surface area contributed by atoms with Gasteiger partial charge in [-0.1, -0.05) is 46.3 Å². The smallest absolute Gasteiger partial charge is 0.279 e. The minimum Gasteiger partial charge on any atom is -0.347 e. The summed E-state index contributed by atoms with van der Waals surface area (Å²) in [5.74, 6) is -0.186. The van der Waals surface area contributed by atoms with Crippen LogP contribution in [-0.4, -0.2) is 31.4 Å². The Hall–Kier alpha value is -2.18. The van der Waals surface area contributed by atoms with E-state index < -0.39 is 0 Å². The van der Waals surface area contributed by atoms with E-state index in [1.807, 2.05) is 69.4 Å². The second-order valence-electron chi connectivity index (χ2n) is 6.46. The molecule has 0 aromatic heterocycles. The number of quaternary nitrogens is 1. The zero-order valence-electron chi connectivity index (χ0n) is 15.3. The fraction of sp³-hybridized carbons (Fsp3) is 0.300. The first-order chi connectivity index (χ1) is 12.4. The molecule has 2 aromatic rings. The maximum Gasteiger partial charge on any atom is 0.279 e. The number of nitrogens with one attached hydrogen (secondary N) is 3. The van der Waals surface area contributed by atoms with Gasteiger partial charge in [0.25, 0.3) is 11.8 Å². The molecule has 0 aliphatic heterocycles. The van der Waals surface area contributed by atoms with Gasteiger partial charge in [0.15, 0.2) is 12.6 Å². The van der Waals surface area contributed by atoms with E-state index in [9.17, 15) is 9.59 Å². The number of amides is 2. The van der Waals surface area contributed by atoms with Crippen molar-refractivity contribution in [3.63, 3.8) is 0 Å². The maximum atomic E-state index is 12.3. The molecule has 0 heterocycles. The van der Waals surface area contributed by atoms with Crippen molar-refractivity contribution >= 4 is 33.4 Å². The van der Waals surface area contributed by atoms with E-state index in [4.69, 9.17) is 0 Å². The van der Waals surface area contributed by atoms with Crippen LogP contribution in [-0.2, 0) is 16.1 Å². The molecule has 2 rings (SSSR count). The first-order valence-electron chi connectivity index (χ1n) is 8.56. The molecule has 0 bridgehead atoms. The lowest BCUT2D eigenvalue weighted by Gasteiger charge is -2.21. The molecule has 0 radical (unpaired) electrons. The van der Waals surface area contributed by atoms with E-state index >= 15 is 0 Å². The molecular formula is C20H25BrN3O2+. The lowest BCUT2D eigenvalue weighted by Crippen LogP contribution is -3.15. The summed E-state index contributed by atoms with van der Waals surface area (Å²) < 4.78 is 0.972. The minimum atomic E-state index is -0.324. The van der Waals surface area contributed by atoms with Gasteiger partial charge in [-0.15, -0.1) is 0 Å². The third-order valence-electron chi connectivity index (χ3n) is 4.34. The number of hydrogen-bond acceptors (Lipinski definition) is 2. The maximum absolute atomic E-state index is 12.3. The van der Waals surface area contributed by atoms with Gasteiger partial charge in [-0.2, -0.15) is 0 Å². The lowest BCUT2D eigenvalue weighted by molar-refractivity contribution is -0.885. The molecule has 0 saturated carbocycles. The van der Waals surface area contributed by atoms with Crippen molar-refractivity contribution in [2.45, 2.75) is 26.4 Å². The average molecular weight is 419 g/mol. The number of carbonyl (C=O) groups is 2. The molecule has 26 heavy (non-hydrogen) atoms. The molecule has 5 nitrogen and oxygen atoms in total. The molecule has 0 aliphatic carbocycles. The molecule has 0 aliphatic rings. The molecule has 138 valence electrons. The predicted molar refractivity (Wildman–Crippen MR) is 107 cm³/mol. The van der Waals surface area contributed by atoms with Crippen LogP contribution >= 0.6 is 15.9 Å². The minimum absolute atomic E-state index is 0.0704. The largest absolute Gasteiger partial charge is 0.347 e. The summed E-state index contributed by atoms with van der Waals surface area (Å²) in [7, 11) is 1.85. The van der Waals surface area contributed by atoms with Crippen LogP contribution < -0.4 is 15.5 Å². The fourth-order valence-electron chi connectivity index (χ4n) is 2.53. The molecule has 0 fully saturated rings. The second kappa shape index (κ2) is 9.50. The summed E-state index contributed by atoms with van der Waals surface area (Å²) in [6.45, 7) is 4.47. The quantitative estimate of drug-likeness (QED) is 0.642. The van der Waals surface area contributed by atoms with E-state index in [1.54, 1.807) is 0 Å². The van der Waals surface area contributed by atoms with Crippen molar-refractivity contribution in [3.05, 3.63) is 64.1 Å². The topological polar surface area (TPSA) is 62.6 Å². The van der Waals surface area contributed by atoms with Crippen LogP contribution in [0.1, 0.15) is 18.1 Å². The van der Waals surface area contributed by atoms with Gasteiger partial charge in [-0.3, -0.25) is 9.59 Å². The van der Waals surface area contributed by atoms with Crippen molar-refractivity contribution in [2.24, 2.45) is 0 Å². The Balaban J connectivity index is 1.84. The Bertz CT molecular complexity index is 765. The summed E-state index contributed by atoms with van der Waals surface area (Å²) in [4.78, 5) is 25.4. The van der Waals surface area contributed by atoms with Crippen molar-refractivity contribution in [1.82, 2.24) is 5.32 Å². The van der Waals surface area contributed by atoms with Crippen LogP contribution in [0.4, 0.5) is 5.69 Å². The highest BCUT2D eigenvalue weighted by atomic mass is 79.9. The molecule has 2 amide bonds. The van der Waals surface area contributed by atoms with Gasteiger partial charge >= 0.3 is 0 Å². The van der Waals surface area contributed by atoms with E-state index in [0.29, 0.717) is 6.54 Å². The first kappa shape index (κ1) is 20.1. The molecule has 2 aromatic carbocycles. The van der Waals surface area contributed by atoms with Gasteiger partial charge in [-0.25, -0.2) is 0 Å². The van der Waals surface area contributed by atoms with Gasteiger partial charge in [0.05, 0.1) is 7.05 Å². The molecule has 0 saturated heterocycles. The van der Waals surface area contributed by atoms with E-state index in [-0.39, 0.29) is 24.4 Å². The van der Waals surface area contributed by atoms with Gasteiger partial charge < -0.3 is 15.5 Å². The normalized spacial score (nSPS) is 12.9. The molecule has 3 N–H and O–H groups in total. The molecule has 0 spiro atoms. The summed E-state index contributed by atoms with van der Waals surface area (Å²) in [5.41, 5.74) is 2.82. The van der Waals surface area contributed by atoms with Crippen molar-refractivity contribution in [3.8, 4) is 0 Å². The third kappa shape index (κ3) is 5.97. The monoisotopic (exact) mass is 418 g/mol. The van der Waals surface area contributed by atoms with Crippen LogP contribution in [0, 0.1) is 6.92 Å². The first-order valence-corrected chi connectivity index (χ1v) is 9.36. The zero-order valence-corrected chi connectivity index (χ0v) is 16.9. The van der Waals surface area contributed by atoms with E-state index in [0.717, 1.165) is 26.2 Å². The number of carbonyl (C=O) groups excluding carboxylic acids is 2. The van der Waals surface area contributed by atoms with Gasteiger partial charge in [0.1, 0.15) is 0 Å². The van der Waals surface area contributed by atoms with Crippen LogP contribution in [0.15, 0.2) is 53.0 Å². The molecular weight excluding hydrogens is 394 g/mol. The SMILES string of the molecule is Cc1cc(Br)ccc1NC(=O)C[NH+](C)[C@H](C)C(=O)NCc1ccccc1. The van der Waals surface area contributed by atoms with E-state index in [2.05, 4.69) is 26.6 Å². The number of halogens is 1. The Morgan fingerprint density at radius 1 is 1.15 bits per heavy atom. The Morgan fingerprint density at radius 2 is 1.85 bits per heavy atom. The molecule has 2 atom stereocenters. The van der Waals surface area contributed by atoms with Crippen LogP contribution in [0.5, 0.6) is 0 Å². The standard InChI is InChI=1S/C20H24BrN3O2/c1-14-11-17(21)9-10-18(14)23-19(25)13-24(3)15(2)20(26)22-12-16-7-5-4-6-8-16/h4-11,15H,12-13H2,1-3H3,(H,22,26)(H,23,25)/p+1/t15-/m1/s1. The van der Waals surface area contributed by atoms with Crippen LogP contribution in [0.2, 0.25) is 0 Å². The van der Waals surface area contributed by atoms with Crippen molar-refractivity contribution in [2.75, 3.05) is 18.9 Å². The summed E-state index contributed by atoms with van der Waals surface area (Å²) in [5, 5.41) is 5.83. The highest BCUT2D eigenvalue weighted by molar-refractivity contribution is 9.10. The number of anilines is 1. The lowest BCUT2D eigenvalue weighted by atomic mass is 10.2. The fourth-order valence-corrected chi connectivity index (χ4v) is 3.01. The molecule has 6 heteroatoms. The van der Waals surface area contributed by atoms with Crippen molar-refractivity contribution < 1.29 is 14.5 Å². The summed E-state index contributed by atoms with van der Waals surface area (Å²) in [6.07, 6.45) is 0. The molecule has 1 unspecified atom stereocenters. The number of rotatable bonds is 7. The number of benzene rings is 2. The summed E-state index contributed by atoms with van der Waals surface area (Å²) in [6, 6.07) is 15.1. The van der Waals surface area contributed by atoms with Gasteiger partial charge in [0, 0.05) is 16.7 Å². The predicted octanol–water partition coefficient (Wildman–Crippen LogP) is 1.92. The number of hydrogen-bond donors (Lipinski definition) is 3. The van der Waals surface area contributed by atoms with Gasteiger partial charge in [-0.05, 0) is 43.2 Å². The highest BCUT2D eigenvalue weighted by Crippen LogP contribution is 2.19. The van der Waals surface area contributed by atoms with Crippen LogP contribution in [0.25, 0.3) is 0 Å². The second-order valence-corrected chi connectivity index (χ2v) is 7.37. The Morgan fingerprint density at radius 3 is 2.50 bits per heavy atom. The van der Waals surface area contributed by atoms with Crippen molar-refractivity contribution in [1.29, 1.82) is 0 Å².